The lowest BCUT2D eigenvalue weighted by Gasteiger charge is -2.17. The van der Waals surface area contributed by atoms with Crippen LogP contribution in [0.4, 0.5) is 22.0 Å². The number of hydrogen-bond donors (Lipinski definition) is 1. The maximum Gasteiger partial charge on any atom is 0.469 e. The van der Waals surface area contributed by atoms with E-state index in [0.29, 0.717) is 7.05 Å². The molecule has 56 valence electrons. The minimum atomic E-state index is -5.50. The molecule has 0 rings (SSSR count). The normalized spacial score (nSPS) is 14.0. The minimum absolute atomic E-state index is 0.535. The first-order valence-electron chi connectivity index (χ1n) is 1.94. The molecule has 0 aromatic heterocycles. The summed E-state index contributed by atoms with van der Waals surface area (Å²) in [7, 11) is 0.535. The second kappa shape index (κ2) is 2.09. The van der Waals surface area contributed by atoms with E-state index < -0.39 is 12.2 Å². The van der Waals surface area contributed by atoms with E-state index in [1.165, 1.54) is 0 Å². The Morgan fingerprint density at radius 3 is 1.33 bits per heavy atom. The lowest BCUT2D eigenvalue weighted by atomic mass is 10.5. The first-order valence-corrected chi connectivity index (χ1v) is 1.94. The van der Waals surface area contributed by atoms with Crippen LogP contribution in [0.25, 0.3) is 0 Å². The molecule has 0 radical (unpaired) electrons. The molecule has 1 N–H and O–H groups in total. The highest BCUT2D eigenvalue weighted by molar-refractivity contribution is 4.69. The smallest absolute Gasteiger partial charge is 0.253 e. The monoisotopic (exact) mass is 149 g/mol. The Bertz CT molecular complexity index is 94.9. The van der Waals surface area contributed by atoms with Gasteiger partial charge in [0.15, 0.2) is 0 Å². The van der Waals surface area contributed by atoms with Gasteiger partial charge in [0.25, 0.3) is 0 Å². The Balaban J connectivity index is 4.14. The number of hydrogen-bond acceptors (Lipinski definition) is 1. The van der Waals surface area contributed by atoms with Crippen LogP contribution in [-0.2, 0) is 0 Å². The predicted octanol–water partition coefficient (Wildman–Crippen LogP) is 1.36. The van der Waals surface area contributed by atoms with E-state index in [9.17, 15) is 22.0 Å². The van der Waals surface area contributed by atoms with Crippen molar-refractivity contribution in [2.24, 2.45) is 0 Å². The average Bonchev–Trinajstić information content (AvgIpc) is 1.64. The van der Waals surface area contributed by atoms with Crippen molar-refractivity contribution in [1.82, 2.24) is 5.32 Å². The summed E-state index contributed by atoms with van der Waals surface area (Å²) < 4.78 is 55.9. The van der Waals surface area contributed by atoms with Crippen molar-refractivity contribution >= 4 is 0 Å². The molecule has 0 amide bonds. The highest BCUT2D eigenvalue weighted by Crippen LogP contribution is 2.31. The summed E-state index contributed by atoms with van der Waals surface area (Å²) in [5.74, 6) is 0. The SMILES string of the molecule is CNC(F)(F)C(F)(F)F. The molecule has 0 saturated heterocycles. The van der Waals surface area contributed by atoms with Crippen molar-refractivity contribution in [1.29, 1.82) is 0 Å². The maximum atomic E-state index is 11.4. The molecule has 9 heavy (non-hydrogen) atoms. The molecule has 1 nitrogen and oxygen atoms in total. The van der Waals surface area contributed by atoms with Crippen molar-refractivity contribution < 1.29 is 22.0 Å². The molecular formula is C3H4F5N. The van der Waals surface area contributed by atoms with E-state index in [1.54, 1.807) is 0 Å². The van der Waals surface area contributed by atoms with Gasteiger partial charge in [-0.3, -0.25) is 5.32 Å². The van der Waals surface area contributed by atoms with Gasteiger partial charge in [0.1, 0.15) is 0 Å². The molecule has 0 atom stereocenters. The Morgan fingerprint density at radius 1 is 1.00 bits per heavy atom. The summed E-state index contributed by atoms with van der Waals surface area (Å²) in [5, 5.41) is 0.823. The van der Waals surface area contributed by atoms with Gasteiger partial charge in [0.2, 0.25) is 0 Å². The molecule has 0 heterocycles. The van der Waals surface area contributed by atoms with Crippen molar-refractivity contribution in [3.05, 3.63) is 0 Å². The van der Waals surface area contributed by atoms with Crippen LogP contribution in [0.3, 0.4) is 0 Å². The first-order chi connectivity index (χ1) is 3.81. The second-order valence-corrected chi connectivity index (χ2v) is 1.32. The average molecular weight is 149 g/mol. The summed E-state index contributed by atoms with van der Waals surface area (Å²) in [6.45, 7) is 0. The Kier molecular flexibility index (Phi) is 2.00. The molecule has 0 fully saturated rings. The van der Waals surface area contributed by atoms with Crippen LogP contribution in [0.5, 0.6) is 0 Å². The maximum absolute atomic E-state index is 11.4. The molecule has 0 aliphatic rings. The van der Waals surface area contributed by atoms with Gasteiger partial charge in [-0.1, -0.05) is 0 Å². The van der Waals surface area contributed by atoms with Gasteiger partial charge in [-0.2, -0.15) is 22.0 Å². The summed E-state index contributed by atoms with van der Waals surface area (Å²) in [6.07, 6.45) is -5.50. The molecule has 0 aliphatic carbocycles. The Labute approximate surface area is 47.8 Å². The van der Waals surface area contributed by atoms with Crippen molar-refractivity contribution in [2.45, 2.75) is 12.2 Å². The predicted molar refractivity (Wildman–Crippen MR) is 20.1 cm³/mol. The summed E-state index contributed by atoms with van der Waals surface area (Å²) in [6, 6.07) is -4.77. The van der Waals surface area contributed by atoms with Gasteiger partial charge < -0.3 is 0 Å². The summed E-state index contributed by atoms with van der Waals surface area (Å²) >= 11 is 0. The zero-order valence-electron chi connectivity index (χ0n) is 4.39. The molecular weight excluding hydrogens is 145 g/mol. The number of halogens is 5. The van der Waals surface area contributed by atoms with Crippen molar-refractivity contribution in [2.75, 3.05) is 7.05 Å². The summed E-state index contributed by atoms with van der Waals surface area (Å²) in [4.78, 5) is 0. The quantitative estimate of drug-likeness (QED) is 0.438. The third-order valence-corrected chi connectivity index (χ3v) is 0.670. The molecule has 0 bridgehead atoms. The van der Waals surface area contributed by atoms with E-state index >= 15 is 0 Å². The molecule has 0 unspecified atom stereocenters. The fourth-order valence-corrected chi connectivity index (χ4v) is 0.142. The summed E-state index contributed by atoms with van der Waals surface area (Å²) in [5.41, 5.74) is 0. The Hall–Kier alpha value is -0.390. The largest absolute Gasteiger partial charge is 0.469 e. The topological polar surface area (TPSA) is 12.0 Å². The highest BCUT2D eigenvalue weighted by Gasteiger charge is 2.56. The van der Waals surface area contributed by atoms with Crippen molar-refractivity contribution in [3.8, 4) is 0 Å². The zero-order chi connectivity index (χ0) is 7.71. The van der Waals surface area contributed by atoms with Gasteiger partial charge in [0.05, 0.1) is 0 Å². The lowest BCUT2D eigenvalue weighted by Crippen LogP contribution is -2.47. The molecule has 0 aliphatic heterocycles. The van der Waals surface area contributed by atoms with E-state index in [0.717, 1.165) is 5.32 Å². The lowest BCUT2D eigenvalue weighted by molar-refractivity contribution is -0.293. The van der Waals surface area contributed by atoms with E-state index in [4.69, 9.17) is 0 Å². The standard InChI is InChI=1S/C3H4F5N/c1-9-3(7,8)2(4,5)6/h9H,1H3. The second-order valence-electron chi connectivity index (χ2n) is 1.32. The van der Waals surface area contributed by atoms with Crippen LogP contribution in [-0.4, -0.2) is 19.3 Å². The van der Waals surface area contributed by atoms with Crippen LogP contribution >= 0.6 is 0 Å². The van der Waals surface area contributed by atoms with E-state index in [1.807, 2.05) is 0 Å². The zero-order valence-corrected chi connectivity index (χ0v) is 4.39. The number of rotatable bonds is 1. The Morgan fingerprint density at radius 2 is 1.33 bits per heavy atom. The third-order valence-electron chi connectivity index (χ3n) is 0.670. The van der Waals surface area contributed by atoms with E-state index in [2.05, 4.69) is 0 Å². The van der Waals surface area contributed by atoms with Crippen LogP contribution in [0.2, 0.25) is 0 Å². The molecule has 0 aromatic carbocycles. The van der Waals surface area contributed by atoms with Crippen LogP contribution in [0.1, 0.15) is 0 Å². The van der Waals surface area contributed by atoms with E-state index in [-0.39, 0.29) is 0 Å². The number of nitrogens with one attached hydrogen (secondary N) is 1. The van der Waals surface area contributed by atoms with Crippen LogP contribution < -0.4 is 5.32 Å². The van der Waals surface area contributed by atoms with Crippen molar-refractivity contribution in [3.63, 3.8) is 0 Å². The van der Waals surface area contributed by atoms with Gasteiger partial charge in [-0.05, 0) is 7.05 Å². The fourth-order valence-electron chi connectivity index (χ4n) is 0.142. The minimum Gasteiger partial charge on any atom is -0.253 e. The van der Waals surface area contributed by atoms with Gasteiger partial charge in [0, 0.05) is 0 Å². The first kappa shape index (κ1) is 8.61. The van der Waals surface area contributed by atoms with Crippen LogP contribution in [0, 0.1) is 0 Å². The number of alkyl halides is 5. The van der Waals surface area contributed by atoms with Crippen LogP contribution in [0.15, 0.2) is 0 Å². The fraction of sp³-hybridized carbons (Fsp3) is 1.00. The molecule has 0 saturated carbocycles. The van der Waals surface area contributed by atoms with Gasteiger partial charge >= 0.3 is 12.2 Å². The molecule has 0 aromatic rings. The third kappa shape index (κ3) is 1.78. The molecule has 0 spiro atoms. The van der Waals surface area contributed by atoms with Gasteiger partial charge in [-0.25, -0.2) is 0 Å². The highest BCUT2D eigenvalue weighted by atomic mass is 19.4. The van der Waals surface area contributed by atoms with Gasteiger partial charge in [-0.15, -0.1) is 0 Å². The molecule has 6 heteroatoms.